The molecular formula is C43H56BN. The number of unbranched alkanes of at least 4 members (excludes halogenated alkanes) is 10. The van der Waals surface area contributed by atoms with Crippen LogP contribution in [0.5, 0.6) is 0 Å². The first-order chi connectivity index (χ1) is 22.3. The first-order valence-electron chi connectivity index (χ1n) is 18.0. The van der Waals surface area contributed by atoms with Crippen LogP contribution < -0.4 is 21.0 Å². The minimum Gasteiger partial charge on any atom is -0.200 e. The molecule has 0 N–H and O–H groups in total. The van der Waals surface area contributed by atoms with E-state index in [-0.39, 0.29) is 0 Å². The summed E-state index contributed by atoms with van der Waals surface area (Å²) in [4.78, 5) is 0. The van der Waals surface area contributed by atoms with Gasteiger partial charge in [0.25, 0.3) is 0 Å². The molecule has 5 rings (SSSR count). The van der Waals surface area contributed by atoms with Crippen molar-refractivity contribution in [2.24, 2.45) is 0 Å². The molecule has 0 aliphatic heterocycles. The summed E-state index contributed by atoms with van der Waals surface area (Å²) in [6.07, 6.45) is 18.7. The minimum absolute atomic E-state index is 0.938. The maximum atomic E-state index is 2.38. The summed E-state index contributed by atoms with van der Waals surface area (Å²) >= 11 is 0. The van der Waals surface area contributed by atoms with E-state index >= 15 is 0 Å². The molecular weight excluding hydrogens is 541 g/mol. The summed E-state index contributed by atoms with van der Waals surface area (Å²) < 4.78 is 2.38. The topological polar surface area (TPSA) is 3.88 Å². The Morgan fingerprint density at radius 1 is 0.422 bits per heavy atom. The van der Waals surface area contributed by atoms with Crippen molar-refractivity contribution in [2.75, 3.05) is 0 Å². The fourth-order valence-corrected chi connectivity index (χ4v) is 7.13. The summed E-state index contributed by atoms with van der Waals surface area (Å²) in [5, 5.41) is 1.34. The number of pyridine rings is 1. The highest BCUT2D eigenvalue weighted by Gasteiger charge is 2.29. The molecule has 1 nitrogen and oxygen atoms in total. The Kier molecular flexibility index (Phi) is 15.0. The van der Waals surface area contributed by atoms with Gasteiger partial charge in [-0.3, -0.25) is 0 Å². The molecule has 0 radical (unpaired) electrons. The first kappa shape index (κ1) is 34.2. The molecule has 0 amide bonds. The molecule has 45 heavy (non-hydrogen) atoms. The van der Waals surface area contributed by atoms with Crippen LogP contribution in [0.15, 0.2) is 134 Å². The molecule has 0 bridgehead atoms. The van der Waals surface area contributed by atoms with E-state index in [9.17, 15) is 0 Å². The molecule has 0 atom stereocenters. The van der Waals surface area contributed by atoms with Crippen molar-refractivity contribution >= 4 is 33.4 Å². The summed E-state index contributed by atoms with van der Waals surface area (Å²) in [5.41, 5.74) is 5.74. The lowest BCUT2D eigenvalue weighted by Gasteiger charge is -2.43. The Hall–Kier alpha value is -3.65. The Labute approximate surface area is 274 Å². The Morgan fingerprint density at radius 3 is 1.38 bits per heavy atom. The van der Waals surface area contributed by atoms with Gasteiger partial charge in [0, 0.05) is 23.9 Å². The van der Waals surface area contributed by atoms with Crippen molar-refractivity contribution in [1.82, 2.24) is 0 Å². The molecule has 0 fully saturated rings. The Balaban J connectivity index is 0.000000222. The highest BCUT2D eigenvalue weighted by atomic mass is 14.9. The van der Waals surface area contributed by atoms with Crippen LogP contribution >= 0.6 is 0 Å². The Morgan fingerprint density at radius 2 is 0.844 bits per heavy atom. The number of aromatic nitrogens is 1. The van der Waals surface area contributed by atoms with Crippen molar-refractivity contribution in [3.8, 4) is 0 Å². The second-order valence-corrected chi connectivity index (χ2v) is 12.9. The summed E-state index contributed by atoms with van der Waals surface area (Å²) in [5.74, 6) is 0. The summed E-state index contributed by atoms with van der Waals surface area (Å²) in [6.45, 7) is 5.70. The van der Waals surface area contributed by atoms with Gasteiger partial charge in [0.05, 0.1) is 6.15 Å². The van der Waals surface area contributed by atoms with Crippen molar-refractivity contribution < 1.29 is 4.57 Å². The molecule has 0 aliphatic rings. The maximum Gasteiger partial charge on any atom is 0.212 e. The molecule has 1 aromatic heterocycles. The lowest BCUT2D eigenvalue weighted by molar-refractivity contribution is -0.671. The number of hydrogen-bond acceptors (Lipinski definition) is 0. The average Bonchev–Trinajstić information content (AvgIpc) is 3.11. The molecule has 0 aliphatic carbocycles. The van der Waals surface area contributed by atoms with Gasteiger partial charge < -0.3 is 0 Å². The van der Waals surface area contributed by atoms with Crippen LogP contribution in [-0.4, -0.2) is 6.15 Å². The van der Waals surface area contributed by atoms with Gasteiger partial charge in [-0.1, -0.05) is 181 Å². The van der Waals surface area contributed by atoms with E-state index < -0.39 is 6.15 Å². The predicted octanol–water partition coefficient (Wildman–Crippen LogP) is 10.0. The zero-order valence-corrected chi connectivity index (χ0v) is 28.1. The highest BCUT2D eigenvalue weighted by Crippen LogP contribution is 2.18. The van der Waals surface area contributed by atoms with E-state index in [2.05, 4.69) is 152 Å². The van der Waals surface area contributed by atoms with Crippen molar-refractivity contribution in [3.05, 3.63) is 134 Å². The number of nitrogens with zero attached hydrogens (tertiary/aromatic N) is 1. The molecule has 0 spiro atoms. The van der Waals surface area contributed by atoms with Gasteiger partial charge >= 0.3 is 0 Å². The van der Waals surface area contributed by atoms with Gasteiger partial charge in [0.1, 0.15) is 6.54 Å². The van der Waals surface area contributed by atoms with E-state index in [0.29, 0.717) is 0 Å². The number of para-hydroxylation sites is 1. The van der Waals surface area contributed by atoms with Gasteiger partial charge in [-0.15, -0.1) is 0 Å². The number of hydrogen-bond donors (Lipinski definition) is 0. The third-order valence-corrected chi connectivity index (χ3v) is 9.64. The monoisotopic (exact) mass is 597 g/mol. The van der Waals surface area contributed by atoms with E-state index in [1.165, 1.54) is 111 Å². The second-order valence-electron chi connectivity index (χ2n) is 12.9. The molecule has 0 unspecified atom stereocenters. The highest BCUT2D eigenvalue weighted by molar-refractivity contribution is 7.11. The maximum absolute atomic E-state index is 2.38. The molecule has 236 valence electrons. The molecule has 4 aromatic carbocycles. The van der Waals surface area contributed by atoms with Crippen LogP contribution in [0.25, 0.3) is 10.9 Å². The molecule has 1 heterocycles. The molecule has 5 aromatic rings. The number of rotatable bonds is 17. The average molecular weight is 598 g/mol. The quantitative estimate of drug-likeness (QED) is 0.0571. The van der Waals surface area contributed by atoms with Crippen molar-refractivity contribution in [3.63, 3.8) is 0 Å². The molecule has 2 heteroatoms. The Bertz CT molecular complexity index is 1360. The van der Waals surface area contributed by atoms with Crippen LogP contribution in [0.1, 0.15) is 90.9 Å². The van der Waals surface area contributed by atoms with E-state index in [4.69, 9.17) is 0 Å². The van der Waals surface area contributed by atoms with Gasteiger partial charge in [-0.2, -0.15) is 27.3 Å². The van der Waals surface area contributed by atoms with Gasteiger partial charge in [-0.05, 0) is 18.6 Å². The standard InChI is InChI=1S/C26H32B.C17H24N/c1-2-3-4-5-6-16-23-27(24-17-10-7-11-18-24,25-19-12-8-13-20-25)26-21-14-9-15-22-26;1-2-3-4-5-6-9-14-18-15-10-12-16-11-7-8-13-17(16)18/h7-15,17-22H,2-6,16,23H2,1H3;7-8,10-13,15H,2-6,9,14H2,1H3/q-1;+1. The minimum atomic E-state index is -0.938. The zero-order valence-electron chi connectivity index (χ0n) is 28.1. The number of fused-ring (bicyclic) bond motifs is 1. The zero-order chi connectivity index (χ0) is 31.4. The van der Waals surface area contributed by atoms with Crippen LogP contribution in [0.4, 0.5) is 0 Å². The normalized spacial score (nSPS) is 11.2. The third kappa shape index (κ3) is 10.2. The van der Waals surface area contributed by atoms with E-state index in [1.807, 2.05) is 0 Å². The van der Waals surface area contributed by atoms with E-state index in [1.54, 1.807) is 0 Å². The number of benzene rings is 4. The number of aryl methyl sites for hydroxylation is 1. The molecule has 0 saturated carbocycles. The largest absolute Gasteiger partial charge is 0.212 e. The van der Waals surface area contributed by atoms with Crippen molar-refractivity contribution in [1.29, 1.82) is 0 Å². The predicted molar refractivity (Wildman–Crippen MR) is 200 cm³/mol. The summed E-state index contributed by atoms with van der Waals surface area (Å²) in [7, 11) is 0. The first-order valence-corrected chi connectivity index (χ1v) is 18.0. The van der Waals surface area contributed by atoms with Gasteiger partial charge in [0.15, 0.2) is 6.20 Å². The smallest absolute Gasteiger partial charge is 0.200 e. The fourth-order valence-electron chi connectivity index (χ4n) is 7.13. The van der Waals surface area contributed by atoms with Crippen molar-refractivity contribution in [2.45, 2.75) is 104 Å². The van der Waals surface area contributed by atoms with Gasteiger partial charge in [-0.25, -0.2) is 0 Å². The van der Waals surface area contributed by atoms with E-state index in [0.717, 1.165) is 6.54 Å². The molecule has 0 saturated heterocycles. The lowest BCUT2D eigenvalue weighted by atomic mass is 9.14. The third-order valence-electron chi connectivity index (χ3n) is 9.64. The van der Waals surface area contributed by atoms with Gasteiger partial charge in [0.2, 0.25) is 5.52 Å². The second kappa shape index (κ2) is 19.7. The summed E-state index contributed by atoms with van der Waals surface area (Å²) in [6, 6.07) is 46.5. The fraction of sp³-hybridized carbons (Fsp3) is 0.372. The van der Waals surface area contributed by atoms with Crippen LogP contribution in [0, 0.1) is 0 Å². The lowest BCUT2D eigenvalue weighted by Crippen LogP contribution is -2.66. The van der Waals surface area contributed by atoms with Crippen LogP contribution in [-0.2, 0) is 6.54 Å². The SMILES string of the molecule is CCCCCCCC[B-](c1ccccc1)(c1ccccc1)c1ccccc1.CCCCCCCC[n+]1cccc2ccccc21. The van der Waals surface area contributed by atoms with Crippen LogP contribution in [0.2, 0.25) is 6.32 Å². The van der Waals surface area contributed by atoms with Crippen LogP contribution in [0.3, 0.4) is 0 Å².